The molecule has 0 atom stereocenters. The van der Waals surface area contributed by atoms with Crippen molar-refractivity contribution in [1.82, 2.24) is 0 Å². The first-order valence-corrected chi connectivity index (χ1v) is 3.24. The quantitative estimate of drug-likeness (QED) is 0.575. The molecule has 0 unspecified atom stereocenters. The predicted octanol–water partition coefficient (Wildman–Crippen LogP) is -0.766. The highest BCUT2D eigenvalue weighted by atomic mass is 16.4. The second-order valence-corrected chi connectivity index (χ2v) is 2.23. The third-order valence-corrected chi connectivity index (χ3v) is 1.44. The summed E-state index contributed by atoms with van der Waals surface area (Å²) < 4.78 is 0. The van der Waals surface area contributed by atoms with E-state index in [1.54, 1.807) is 0 Å². The zero-order valence-corrected chi connectivity index (χ0v) is 6.59. The summed E-state index contributed by atoms with van der Waals surface area (Å²) in [6.07, 6.45) is 0. The molecule has 1 rings (SSSR count). The third-order valence-electron chi connectivity index (χ3n) is 1.44. The van der Waals surface area contributed by atoms with E-state index in [-0.39, 0.29) is 0 Å². The lowest BCUT2D eigenvalue weighted by molar-refractivity contribution is -0.140. The van der Waals surface area contributed by atoms with Crippen molar-refractivity contribution in [2.75, 3.05) is 0 Å². The molecule has 0 aromatic rings. The normalized spacial score (nSPS) is 16.9. The van der Waals surface area contributed by atoms with E-state index in [4.69, 9.17) is 20.9 Å². The van der Waals surface area contributed by atoms with Gasteiger partial charge in [0.1, 0.15) is 18.2 Å². The highest BCUT2D eigenvalue weighted by molar-refractivity contribution is 6.55. The molecule has 0 saturated heterocycles. The fourth-order valence-corrected chi connectivity index (χ4v) is 0.804. The molecular weight excluding hydrogens is 186 g/mol. The summed E-state index contributed by atoms with van der Waals surface area (Å²) in [5, 5.41) is 34.1. The van der Waals surface area contributed by atoms with Crippen LogP contribution in [0.3, 0.4) is 0 Å². The van der Waals surface area contributed by atoms with Crippen molar-refractivity contribution in [3.63, 3.8) is 0 Å². The Morgan fingerprint density at radius 3 is 1.86 bits per heavy atom. The van der Waals surface area contributed by atoms with E-state index in [2.05, 4.69) is 9.98 Å². The Balaban J connectivity index is 3.38. The van der Waals surface area contributed by atoms with Crippen molar-refractivity contribution in [3.05, 3.63) is 0 Å². The van der Waals surface area contributed by atoms with Crippen molar-refractivity contribution in [2.45, 2.75) is 5.66 Å². The minimum absolute atomic E-state index is 0.434. The molecule has 0 radical (unpaired) electrons. The number of aliphatic imine (C=N–C) groups is 2. The molecule has 0 aliphatic carbocycles. The number of hydrogen-bond donors (Lipinski definition) is 1. The molecule has 7 nitrogen and oxygen atoms in total. The van der Waals surface area contributed by atoms with Crippen LogP contribution in [-0.4, -0.2) is 28.2 Å². The highest BCUT2D eigenvalue weighted by Crippen LogP contribution is 2.19. The third kappa shape index (κ3) is 1.08. The topological polar surface area (TPSA) is 133 Å². The van der Waals surface area contributed by atoms with Crippen LogP contribution in [0.5, 0.6) is 0 Å². The molecule has 0 aromatic heterocycles. The number of carboxylic acids is 1. The number of hydrogen-bond acceptors (Lipinski definition) is 6. The molecule has 7 heteroatoms. The van der Waals surface area contributed by atoms with Gasteiger partial charge in [0.05, 0.1) is 0 Å². The van der Waals surface area contributed by atoms with Gasteiger partial charge in [0.15, 0.2) is 11.4 Å². The minimum Gasteiger partial charge on any atom is -0.477 e. The standard InChI is InChI=1S/C7HN5O2/c8-1-4-5(2-9)12-7(3-10,11-4)6(13)14/h(H,13,14). The van der Waals surface area contributed by atoms with E-state index in [1.807, 2.05) is 0 Å². The van der Waals surface area contributed by atoms with Gasteiger partial charge in [-0.05, 0) is 0 Å². The van der Waals surface area contributed by atoms with Gasteiger partial charge in [-0.2, -0.15) is 15.8 Å². The number of carbonyl (C=O) groups is 1. The highest BCUT2D eigenvalue weighted by Gasteiger charge is 2.44. The van der Waals surface area contributed by atoms with Crippen molar-refractivity contribution in [2.24, 2.45) is 9.98 Å². The average Bonchev–Trinajstić information content (AvgIpc) is 2.57. The van der Waals surface area contributed by atoms with Crippen LogP contribution in [0.15, 0.2) is 9.98 Å². The van der Waals surface area contributed by atoms with Gasteiger partial charge in [-0.25, -0.2) is 14.8 Å². The fourth-order valence-electron chi connectivity index (χ4n) is 0.804. The zero-order valence-electron chi connectivity index (χ0n) is 6.59. The Morgan fingerprint density at radius 1 is 1.21 bits per heavy atom. The molecule has 0 fully saturated rings. The Hall–Kier alpha value is -2.72. The van der Waals surface area contributed by atoms with Crippen LogP contribution in [0.4, 0.5) is 0 Å². The van der Waals surface area contributed by atoms with E-state index in [1.165, 1.54) is 18.2 Å². The molecule has 1 aliphatic heterocycles. The molecular formula is C7HN5O2. The van der Waals surface area contributed by atoms with Gasteiger partial charge in [-0.3, -0.25) is 0 Å². The fraction of sp³-hybridized carbons (Fsp3) is 0.143. The second kappa shape index (κ2) is 2.96. The lowest BCUT2D eigenvalue weighted by Gasteiger charge is -2.04. The van der Waals surface area contributed by atoms with Gasteiger partial charge in [-0.15, -0.1) is 0 Å². The number of carboxylic acid groups (broad SMARTS) is 1. The number of nitrogens with zero attached hydrogens (tertiary/aromatic N) is 5. The SMILES string of the molecule is N#CC1=NC(C#N)(C(=O)O)N=C1C#N. The molecule has 0 saturated carbocycles. The lowest BCUT2D eigenvalue weighted by Crippen LogP contribution is -2.31. The Labute approximate surface area is 77.8 Å². The monoisotopic (exact) mass is 187 g/mol. The smallest absolute Gasteiger partial charge is 0.370 e. The first-order chi connectivity index (χ1) is 6.59. The number of aliphatic carboxylic acids is 1. The van der Waals surface area contributed by atoms with Gasteiger partial charge in [0.2, 0.25) is 0 Å². The largest absolute Gasteiger partial charge is 0.477 e. The maximum atomic E-state index is 10.6. The zero-order chi connectivity index (χ0) is 10.8. The van der Waals surface area contributed by atoms with Gasteiger partial charge < -0.3 is 5.11 Å². The van der Waals surface area contributed by atoms with Crippen molar-refractivity contribution >= 4 is 17.4 Å². The maximum absolute atomic E-state index is 10.6. The van der Waals surface area contributed by atoms with Crippen LogP contribution in [0.2, 0.25) is 0 Å². The summed E-state index contributed by atoms with van der Waals surface area (Å²) in [6.45, 7) is 0. The first-order valence-electron chi connectivity index (χ1n) is 3.24. The molecule has 1 N–H and O–H groups in total. The predicted molar refractivity (Wildman–Crippen MR) is 42.1 cm³/mol. The van der Waals surface area contributed by atoms with E-state index in [0.29, 0.717) is 0 Å². The second-order valence-electron chi connectivity index (χ2n) is 2.23. The van der Waals surface area contributed by atoms with Crippen LogP contribution in [0.1, 0.15) is 0 Å². The summed E-state index contributed by atoms with van der Waals surface area (Å²) >= 11 is 0. The maximum Gasteiger partial charge on any atom is 0.370 e. The molecule has 0 aromatic carbocycles. The number of rotatable bonds is 1. The molecule has 0 spiro atoms. The van der Waals surface area contributed by atoms with Crippen molar-refractivity contribution in [3.8, 4) is 18.2 Å². The number of nitriles is 3. The Morgan fingerprint density at radius 2 is 1.64 bits per heavy atom. The molecule has 0 amide bonds. The van der Waals surface area contributed by atoms with Crippen LogP contribution >= 0.6 is 0 Å². The molecule has 0 bridgehead atoms. The first kappa shape index (κ1) is 9.37. The van der Waals surface area contributed by atoms with Crippen LogP contribution in [0, 0.1) is 34.0 Å². The molecule has 1 aliphatic rings. The summed E-state index contributed by atoms with van der Waals surface area (Å²) in [5.74, 6) is -1.61. The molecule has 14 heavy (non-hydrogen) atoms. The van der Waals surface area contributed by atoms with Crippen LogP contribution in [0.25, 0.3) is 0 Å². The lowest BCUT2D eigenvalue weighted by atomic mass is 10.2. The van der Waals surface area contributed by atoms with Gasteiger partial charge in [-0.1, -0.05) is 0 Å². The van der Waals surface area contributed by atoms with Crippen LogP contribution < -0.4 is 0 Å². The van der Waals surface area contributed by atoms with Gasteiger partial charge in [0, 0.05) is 0 Å². The van der Waals surface area contributed by atoms with E-state index in [9.17, 15) is 4.79 Å². The Kier molecular flexibility index (Phi) is 1.98. The summed E-state index contributed by atoms with van der Waals surface area (Å²) in [7, 11) is 0. The van der Waals surface area contributed by atoms with Crippen molar-refractivity contribution < 1.29 is 9.90 Å². The molecule has 1 heterocycles. The van der Waals surface area contributed by atoms with Crippen LogP contribution in [-0.2, 0) is 4.79 Å². The van der Waals surface area contributed by atoms with Gasteiger partial charge in [0.25, 0.3) is 0 Å². The van der Waals surface area contributed by atoms with Gasteiger partial charge >= 0.3 is 11.6 Å². The van der Waals surface area contributed by atoms with E-state index >= 15 is 0 Å². The summed E-state index contributed by atoms with van der Waals surface area (Å²) in [6, 6.07) is 4.31. The van der Waals surface area contributed by atoms with E-state index in [0.717, 1.165) is 0 Å². The summed E-state index contributed by atoms with van der Waals surface area (Å²) in [4.78, 5) is 17.2. The van der Waals surface area contributed by atoms with E-state index < -0.39 is 23.1 Å². The Bertz CT molecular complexity index is 452. The minimum atomic E-state index is -2.36. The van der Waals surface area contributed by atoms with Crippen molar-refractivity contribution in [1.29, 1.82) is 15.8 Å². The summed E-state index contributed by atoms with van der Waals surface area (Å²) in [5.41, 5.74) is -3.23. The average molecular weight is 187 g/mol. The molecule has 66 valence electrons.